The Bertz CT molecular complexity index is 454. The second-order valence-corrected chi connectivity index (χ2v) is 4.77. The van der Waals surface area contributed by atoms with Crippen LogP contribution in [0.25, 0.3) is 0 Å². The highest BCUT2D eigenvalue weighted by atomic mass is 19.3. The predicted octanol–water partition coefficient (Wildman–Crippen LogP) is 1.24. The van der Waals surface area contributed by atoms with Gasteiger partial charge in [0.25, 0.3) is 0 Å². The fraction of sp³-hybridized carbons (Fsp3) is 0.571. The highest BCUT2D eigenvalue weighted by Gasteiger charge is 2.23. The van der Waals surface area contributed by atoms with Gasteiger partial charge in [-0.1, -0.05) is 6.07 Å². The molecule has 0 saturated carbocycles. The van der Waals surface area contributed by atoms with E-state index in [0.29, 0.717) is 0 Å². The van der Waals surface area contributed by atoms with E-state index in [1.807, 2.05) is 0 Å². The summed E-state index contributed by atoms with van der Waals surface area (Å²) in [6.07, 6.45) is 0. The first-order valence-electron chi connectivity index (χ1n) is 6.84. The van der Waals surface area contributed by atoms with Gasteiger partial charge in [-0.15, -0.1) is 0 Å². The van der Waals surface area contributed by atoms with E-state index in [4.69, 9.17) is 4.74 Å². The maximum atomic E-state index is 12.5. The minimum Gasteiger partial charge on any atom is -0.493 e. The molecule has 1 aliphatic rings. The van der Waals surface area contributed by atoms with Gasteiger partial charge in [-0.25, -0.2) is 0 Å². The monoisotopic (exact) mass is 302 g/mol. The van der Waals surface area contributed by atoms with Crippen molar-refractivity contribution in [2.24, 2.45) is 0 Å². The molecule has 0 radical (unpaired) electrons. The van der Waals surface area contributed by atoms with Gasteiger partial charge < -0.3 is 19.9 Å². The lowest BCUT2D eigenvalue weighted by Crippen LogP contribution is -2.46. The first-order valence-corrected chi connectivity index (χ1v) is 6.84. The Balaban J connectivity index is 2.23. The first kappa shape index (κ1) is 15.9. The summed E-state index contributed by atoms with van der Waals surface area (Å²) in [5.41, 5.74) is 0.732. The number of alkyl halides is 2. The third-order valence-corrected chi connectivity index (χ3v) is 3.55. The molecule has 0 aromatic heterocycles. The van der Waals surface area contributed by atoms with E-state index in [9.17, 15) is 13.9 Å². The van der Waals surface area contributed by atoms with Gasteiger partial charge in [0.2, 0.25) is 0 Å². The van der Waals surface area contributed by atoms with Crippen LogP contribution in [-0.2, 0) is 0 Å². The Kier molecular flexibility index (Phi) is 5.72. The lowest BCUT2D eigenvalue weighted by atomic mass is 10.0. The average Bonchev–Trinajstić information content (AvgIpc) is 2.49. The van der Waals surface area contributed by atoms with Crippen LogP contribution in [0.4, 0.5) is 8.78 Å². The summed E-state index contributed by atoms with van der Waals surface area (Å²) in [6, 6.07) is 4.62. The zero-order valence-corrected chi connectivity index (χ0v) is 11.9. The van der Waals surface area contributed by atoms with Gasteiger partial charge in [0, 0.05) is 26.2 Å². The molecule has 0 spiro atoms. The molecular weight excluding hydrogens is 282 g/mol. The molecule has 1 atom stereocenters. The summed E-state index contributed by atoms with van der Waals surface area (Å²) in [6.45, 7) is 0.270. The van der Waals surface area contributed by atoms with E-state index < -0.39 is 6.61 Å². The number of aliphatic hydroxyl groups is 1. The van der Waals surface area contributed by atoms with E-state index in [-0.39, 0.29) is 24.1 Å². The van der Waals surface area contributed by atoms with E-state index in [0.717, 1.165) is 31.7 Å². The number of aliphatic hydroxyl groups excluding tert-OH is 1. The second-order valence-electron chi connectivity index (χ2n) is 4.77. The Labute approximate surface area is 122 Å². The van der Waals surface area contributed by atoms with Gasteiger partial charge >= 0.3 is 6.61 Å². The average molecular weight is 302 g/mol. The second kappa shape index (κ2) is 7.53. The molecule has 1 aliphatic heterocycles. The van der Waals surface area contributed by atoms with Crippen LogP contribution in [0, 0.1) is 0 Å². The summed E-state index contributed by atoms with van der Waals surface area (Å²) < 4.78 is 34.4. The summed E-state index contributed by atoms with van der Waals surface area (Å²) >= 11 is 0. The topological polar surface area (TPSA) is 54.0 Å². The number of hydrogen-bond donors (Lipinski definition) is 2. The maximum Gasteiger partial charge on any atom is 0.387 e. The molecule has 118 valence electrons. The lowest BCUT2D eigenvalue weighted by molar-refractivity contribution is -0.0513. The van der Waals surface area contributed by atoms with E-state index in [2.05, 4.69) is 15.0 Å². The fourth-order valence-corrected chi connectivity index (χ4v) is 2.51. The molecular formula is C14H20F2N2O3. The van der Waals surface area contributed by atoms with Gasteiger partial charge in [0.05, 0.1) is 19.8 Å². The molecule has 1 heterocycles. The number of halogens is 2. The van der Waals surface area contributed by atoms with Crippen molar-refractivity contribution in [3.63, 3.8) is 0 Å². The van der Waals surface area contributed by atoms with Crippen molar-refractivity contribution in [2.75, 3.05) is 39.9 Å². The van der Waals surface area contributed by atoms with Crippen molar-refractivity contribution < 1.29 is 23.4 Å². The third-order valence-electron chi connectivity index (χ3n) is 3.55. The molecule has 0 aliphatic carbocycles. The van der Waals surface area contributed by atoms with Gasteiger partial charge in [0.1, 0.15) is 0 Å². The molecule has 1 aromatic carbocycles. The third kappa shape index (κ3) is 4.03. The normalized spacial score (nSPS) is 17.8. The summed E-state index contributed by atoms with van der Waals surface area (Å²) in [5.74, 6) is 0.231. The Morgan fingerprint density at radius 3 is 2.57 bits per heavy atom. The molecule has 1 fully saturated rings. The summed E-state index contributed by atoms with van der Waals surface area (Å²) in [4.78, 5) is 2.12. The molecule has 2 rings (SSSR count). The van der Waals surface area contributed by atoms with Gasteiger partial charge in [0.15, 0.2) is 11.5 Å². The molecule has 5 nitrogen and oxygen atoms in total. The highest BCUT2D eigenvalue weighted by molar-refractivity contribution is 5.44. The Morgan fingerprint density at radius 2 is 2.00 bits per heavy atom. The molecule has 0 amide bonds. The van der Waals surface area contributed by atoms with Crippen LogP contribution in [0.5, 0.6) is 11.5 Å². The molecule has 7 heteroatoms. The molecule has 1 saturated heterocycles. The molecule has 1 aromatic rings. The zero-order valence-electron chi connectivity index (χ0n) is 11.9. The number of benzene rings is 1. The van der Waals surface area contributed by atoms with Crippen LogP contribution < -0.4 is 14.8 Å². The molecule has 1 unspecified atom stereocenters. The lowest BCUT2D eigenvalue weighted by Gasteiger charge is -2.34. The quantitative estimate of drug-likeness (QED) is 0.828. The number of rotatable bonds is 6. The van der Waals surface area contributed by atoms with Gasteiger partial charge in [-0.3, -0.25) is 4.90 Å². The van der Waals surface area contributed by atoms with Crippen molar-refractivity contribution in [2.45, 2.75) is 12.7 Å². The van der Waals surface area contributed by atoms with Gasteiger partial charge in [-0.2, -0.15) is 8.78 Å². The van der Waals surface area contributed by atoms with Crippen molar-refractivity contribution in [1.82, 2.24) is 10.2 Å². The van der Waals surface area contributed by atoms with Crippen LogP contribution in [0.15, 0.2) is 18.2 Å². The minimum atomic E-state index is -2.92. The van der Waals surface area contributed by atoms with E-state index >= 15 is 0 Å². The van der Waals surface area contributed by atoms with Crippen LogP contribution >= 0.6 is 0 Å². The van der Waals surface area contributed by atoms with Crippen molar-refractivity contribution in [3.05, 3.63) is 23.8 Å². The number of methoxy groups -OCH3 is 1. The fourth-order valence-electron chi connectivity index (χ4n) is 2.51. The molecule has 0 bridgehead atoms. The summed E-state index contributed by atoms with van der Waals surface area (Å²) in [5, 5.41) is 12.9. The summed E-state index contributed by atoms with van der Waals surface area (Å²) in [7, 11) is 1.40. The molecule has 2 N–H and O–H groups in total. The van der Waals surface area contributed by atoms with Crippen LogP contribution in [0.2, 0.25) is 0 Å². The highest BCUT2D eigenvalue weighted by Crippen LogP contribution is 2.33. The van der Waals surface area contributed by atoms with Crippen molar-refractivity contribution in [3.8, 4) is 11.5 Å². The van der Waals surface area contributed by atoms with Crippen LogP contribution in [0.1, 0.15) is 11.6 Å². The van der Waals surface area contributed by atoms with Crippen LogP contribution in [-0.4, -0.2) is 56.5 Å². The number of ether oxygens (including phenoxy) is 2. The van der Waals surface area contributed by atoms with E-state index in [1.54, 1.807) is 12.1 Å². The maximum absolute atomic E-state index is 12.5. The number of hydrogen-bond acceptors (Lipinski definition) is 5. The number of nitrogens with zero attached hydrogens (tertiary/aromatic N) is 1. The number of nitrogens with one attached hydrogen (secondary N) is 1. The molecule has 21 heavy (non-hydrogen) atoms. The Hall–Kier alpha value is -1.44. The standard InChI is InChI=1S/C14H20F2N2O3/c1-20-12-3-2-10(8-13(12)21-14(15)16)11(9-19)18-6-4-17-5-7-18/h2-3,8,11,14,17,19H,4-7,9H2,1H3. The first-order chi connectivity index (χ1) is 10.2. The van der Waals surface area contributed by atoms with Gasteiger partial charge in [-0.05, 0) is 17.7 Å². The number of piperazine rings is 1. The van der Waals surface area contributed by atoms with E-state index in [1.165, 1.54) is 13.2 Å². The Morgan fingerprint density at radius 1 is 1.29 bits per heavy atom. The predicted molar refractivity (Wildman–Crippen MR) is 73.9 cm³/mol. The van der Waals surface area contributed by atoms with Crippen molar-refractivity contribution >= 4 is 0 Å². The largest absolute Gasteiger partial charge is 0.493 e. The smallest absolute Gasteiger partial charge is 0.387 e. The van der Waals surface area contributed by atoms with Crippen molar-refractivity contribution in [1.29, 1.82) is 0 Å². The zero-order chi connectivity index (χ0) is 15.2. The minimum absolute atomic E-state index is 0.0152. The van der Waals surface area contributed by atoms with Crippen LogP contribution in [0.3, 0.4) is 0 Å². The SMILES string of the molecule is COc1ccc(C(CO)N2CCNCC2)cc1OC(F)F.